The number of carbonyl (C=O) groups excluding carboxylic acids is 9. The molecule has 3 rings (SSSR count). The van der Waals surface area contributed by atoms with Crippen LogP contribution in [0.1, 0.15) is 120 Å². The van der Waals surface area contributed by atoms with Gasteiger partial charge in [0.1, 0.15) is 30.8 Å². The van der Waals surface area contributed by atoms with Crippen molar-refractivity contribution in [3.63, 3.8) is 0 Å². The second kappa shape index (κ2) is 30.2. The Kier molecular flexibility index (Phi) is 25.2. The van der Waals surface area contributed by atoms with Crippen LogP contribution in [0.2, 0.25) is 0 Å². The molecule has 9 N–H and O–H groups in total. The molecule has 0 aliphatic heterocycles. The van der Waals surface area contributed by atoms with Crippen molar-refractivity contribution < 1.29 is 57.4 Å². The molecule has 6 atom stereocenters. The van der Waals surface area contributed by atoms with E-state index in [4.69, 9.17) is 25.7 Å². The maximum Gasteiger partial charge on any atom is 0.410 e. The first-order valence-corrected chi connectivity index (χ1v) is 27.2. The van der Waals surface area contributed by atoms with Crippen LogP contribution in [0.4, 0.5) is 15.3 Å². The average molecular weight is 1120 g/mol. The van der Waals surface area contributed by atoms with Crippen molar-refractivity contribution in [1.29, 1.82) is 0 Å². The minimum Gasteiger partial charge on any atom is -0.466 e. The van der Waals surface area contributed by atoms with Crippen LogP contribution in [-0.2, 0) is 66.8 Å². The summed E-state index contributed by atoms with van der Waals surface area (Å²) in [4.78, 5) is 123. The predicted molar refractivity (Wildman–Crippen MR) is 305 cm³/mol. The van der Waals surface area contributed by atoms with Crippen LogP contribution in [0, 0.1) is 17.3 Å². The van der Waals surface area contributed by atoms with Gasteiger partial charge in [0.15, 0.2) is 0 Å². The number of carbonyl (C=O) groups is 9. The summed E-state index contributed by atoms with van der Waals surface area (Å²) in [5.41, 5.74) is 12.0. The Hall–Kier alpha value is -7.49. The van der Waals surface area contributed by atoms with Gasteiger partial charge in [0.2, 0.25) is 29.5 Å². The van der Waals surface area contributed by atoms with Gasteiger partial charge >= 0.3 is 24.1 Å². The molecule has 0 saturated carbocycles. The largest absolute Gasteiger partial charge is 0.466 e. The highest BCUT2D eigenvalue weighted by molar-refractivity contribution is 5.99. The molecule has 0 radical (unpaired) electrons. The molecule has 0 fully saturated rings. The number of rotatable bonds is 28. The first-order chi connectivity index (χ1) is 37.4. The Morgan fingerprint density at radius 1 is 0.750 bits per heavy atom. The molecule has 442 valence electrons. The van der Waals surface area contributed by atoms with E-state index in [-0.39, 0.29) is 63.0 Å². The third-order valence-corrected chi connectivity index (χ3v) is 13.9. The fourth-order valence-electron chi connectivity index (χ4n) is 9.18. The van der Waals surface area contributed by atoms with E-state index in [0.29, 0.717) is 17.7 Å². The number of benzene rings is 2. The second-order valence-electron chi connectivity index (χ2n) is 22.4. The lowest BCUT2D eigenvalue weighted by atomic mass is 9.76. The first kappa shape index (κ1) is 66.8. The number of urea groups is 1. The number of nitrogens with zero attached hydrogens (tertiary/aromatic N) is 3. The first-order valence-electron chi connectivity index (χ1n) is 27.2. The maximum atomic E-state index is 15.3. The summed E-state index contributed by atoms with van der Waals surface area (Å²) in [5.74, 6) is -4.44. The molecule has 22 heteroatoms. The summed E-state index contributed by atoms with van der Waals surface area (Å²) < 4.78 is 18.0. The number of hydrogen-bond acceptors (Lipinski definition) is 13. The Bertz CT molecular complexity index is 2670. The zero-order chi connectivity index (χ0) is 60.4. The minimum absolute atomic E-state index is 0.0545. The zero-order valence-corrected chi connectivity index (χ0v) is 49.4. The average Bonchev–Trinajstić information content (AvgIpc) is 3.75. The van der Waals surface area contributed by atoms with Gasteiger partial charge in [-0.15, -0.1) is 0 Å². The van der Waals surface area contributed by atoms with Gasteiger partial charge in [-0.05, 0) is 86.6 Å². The van der Waals surface area contributed by atoms with Crippen molar-refractivity contribution >= 4 is 70.2 Å². The zero-order valence-electron chi connectivity index (χ0n) is 49.4. The van der Waals surface area contributed by atoms with Crippen molar-refractivity contribution in [1.82, 2.24) is 35.6 Å². The van der Waals surface area contributed by atoms with Crippen molar-refractivity contribution in [3.05, 3.63) is 77.5 Å². The molecule has 0 bridgehead atoms. The van der Waals surface area contributed by atoms with Gasteiger partial charge in [0.25, 0.3) is 0 Å². The van der Waals surface area contributed by atoms with Crippen LogP contribution in [0.25, 0.3) is 10.9 Å². The number of primary amides is 1. The SMILES string of the molecule is CCOC(=O)CC[C@@H](NC(=O)/C(C)=C/[C@H](C(C)C)N(C)C(=O)[C@@H](NC(=O)[C@@H](N(C)C(=O)OCc1ccc(NC(=O)[C@H](CCCNC(N)=O)NC(=O)[C@@H](N)C(C)C)cc1)C(C)(C)c1cn(C)c2ccccc12)C(C)(C)C)C(=O)OCC. The van der Waals surface area contributed by atoms with Gasteiger partial charge in [-0.3, -0.25) is 33.7 Å². The molecule has 1 heterocycles. The number of aryl methyl sites for hydroxylation is 1. The number of fused-ring (bicyclic) bond motifs is 1. The normalized spacial score (nSPS) is 14.2. The molecule has 0 unspecified atom stereocenters. The van der Waals surface area contributed by atoms with Crippen LogP contribution < -0.4 is 38.1 Å². The van der Waals surface area contributed by atoms with E-state index in [1.54, 1.807) is 92.8 Å². The number of hydrogen-bond donors (Lipinski definition) is 7. The molecule has 0 aliphatic carbocycles. The molecule has 3 aromatic rings. The third-order valence-electron chi connectivity index (χ3n) is 13.9. The molecule has 8 amide bonds. The van der Waals surface area contributed by atoms with E-state index in [1.807, 2.05) is 69.8 Å². The van der Waals surface area contributed by atoms with Gasteiger partial charge in [-0.25, -0.2) is 14.4 Å². The molecule has 80 heavy (non-hydrogen) atoms. The fourth-order valence-corrected chi connectivity index (χ4v) is 9.18. The number of anilines is 1. The summed E-state index contributed by atoms with van der Waals surface area (Å²) in [6.07, 6.45) is 3.00. The topological polar surface area (TPSA) is 305 Å². The van der Waals surface area contributed by atoms with Gasteiger partial charge in [-0.1, -0.05) is 98.7 Å². The van der Waals surface area contributed by atoms with Gasteiger partial charge in [0, 0.05) is 67.9 Å². The molecular formula is C58H88N10O12. The standard InChI is InChI=1S/C58H88N10O12/c1-16-78-45(69)29-28-42(54(75)79-17-2)64-49(70)36(7)31-44(34(3)4)67(14)53(74)47(57(8,9)10)65-52(73)48(58(11,12)40-32-66(13)43-23-19-18-21-39(40)43)68(15)56(77)80-33-37-24-26-38(27-25-37)62-50(71)41(22-20-30-61-55(60)76)63-51(72)46(59)35(5)6/h18-19,21,23-27,31-32,34-35,41-42,44,46-48H,16-17,20,22,28-30,33,59H2,1-15H3,(H,62,71)(H,63,72)(H,64,70)(H,65,73)(H3,60,61,76)/b36-31+/t41-,42+,44+,46-,47+,48+/m0/s1. The Balaban J connectivity index is 1.95. The van der Waals surface area contributed by atoms with Crippen LogP contribution in [0.3, 0.4) is 0 Å². The van der Waals surface area contributed by atoms with Gasteiger partial charge in [0.05, 0.1) is 25.3 Å². The maximum absolute atomic E-state index is 15.3. The number of para-hydroxylation sites is 1. The second-order valence-corrected chi connectivity index (χ2v) is 22.4. The summed E-state index contributed by atoms with van der Waals surface area (Å²) in [6.45, 7) is 21.4. The van der Waals surface area contributed by atoms with Crippen LogP contribution >= 0.6 is 0 Å². The van der Waals surface area contributed by atoms with Crippen LogP contribution in [0.5, 0.6) is 0 Å². The van der Waals surface area contributed by atoms with E-state index in [1.165, 1.54) is 16.8 Å². The lowest BCUT2D eigenvalue weighted by molar-refractivity contribution is -0.148. The number of aromatic nitrogens is 1. The summed E-state index contributed by atoms with van der Waals surface area (Å²) in [7, 11) is 4.93. The smallest absolute Gasteiger partial charge is 0.410 e. The third kappa shape index (κ3) is 18.8. The number of esters is 2. The van der Waals surface area contributed by atoms with Crippen molar-refractivity contribution in [2.45, 2.75) is 157 Å². The number of ether oxygens (including phenoxy) is 3. The van der Waals surface area contributed by atoms with Crippen molar-refractivity contribution in [2.75, 3.05) is 39.2 Å². The molecular weight excluding hydrogens is 1030 g/mol. The number of amides is 8. The van der Waals surface area contributed by atoms with E-state index >= 15 is 4.79 Å². The number of nitrogens with two attached hydrogens (primary N) is 2. The van der Waals surface area contributed by atoms with Gasteiger partial charge < -0.3 is 61.7 Å². The van der Waals surface area contributed by atoms with E-state index in [9.17, 15) is 38.4 Å². The Morgan fingerprint density at radius 3 is 1.95 bits per heavy atom. The lowest BCUT2D eigenvalue weighted by Crippen LogP contribution is -2.63. The molecule has 0 aliphatic rings. The summed E-state index contributed by atoms with van der Waals surface area (Å²) in [6, 6.07) is 7.34. The molecule has 1 aromatic heterocycles. The molecule has 0 spiro atoms. The number of likely N-dealkylation sites (N-methyl/N-ethyl adjacent to an activating group) is 2. The fraction of sp³-hybridized carbons (Fsp3) is 0.569. The molecule has 22 nitrogen and oxygen atoms in total. The van der Waals surface area contributed by atoms with E-state index in [2.05, 4.69) is 26.6 Å². The predicted octanol–water partition coefficient (Wildman–Crippen LogP) is 5.30. The van der Waals surface area contributed by atoms with E-state index < -0.39 is 101 Å². The highest BCUT2D eigenvalue weighted by atomic mass is 16.6. The summed E-state index contributed by atoms with van der Waals surface area (Å²) in [5, 5.41) is 14.5. The quantitative estimate of drug-likeness (QED) is 0.0210. The summed E-state index contributed by atoms with van der Waals surface area (Å²) >= 11 is 0. The van der Waals surface area contributed by atoms with Crippen LogP contribution in [0.15, 0.2) is 66.4 Å². The van der Waals surface area contributed by atoms with Crippen molar-refractivity contribution in [2.24, 2.45) is 35.8 Å². The van der Waals surface area contributed by atoms with Crippen molar-refractivity contribution in [3.8, 4) is 0 Å². The highest BCUT2D eigenvalue weighted by Gasteiger charge is 2.46. The minimum atomic E-state index is -1.28. The number of nitrogens with one attached hydrogen (secondary N) is 5. The Labute approximate surface area is 471 Å². The Morgan fingerprint density at radius 2 is 1.38 bits per heavy atom. The molecule has 0 saturated heterocycles. The monoisotopic (exact) mass is 1120 g/mol. The lowest BCUT2D eigenvalue weighted by Gasteiger charge is -2.42. The molecule has 2 aromatic carbocycles. The van der Waals surface area contributed by atoms with Gasteiger partial charge in [-0.2, -0.15) is 0 Å². The highest BCUT2D eigenvalue weighted by Crippen LogP contribution is 2.37. The van der Waals surface area contributed by atoms with E-state index in [0.717, 1.165) is 16.5 Å². The van der Waals surface area contributed by atoms with Crippen LogP contribution in [-0.4, -0.2) is 138 Å².